The molecule has 28 heavy (non-hydrogen) atoms. The van der Waals surface area contributed by atoms with Crippen molar-refractivity contribution in [2.24, 2.45) is 0 Å². The number of nitrogens with zero attached hydrogens (tertiary/aromatic N) is 1. The molecule has 1 fully saturated rings. The predicted octanol–water partition coefficient (Wildman–Crippen LogP) is 3.47. The number of aromatic nitrogens is 1. The van der Waals surface area contributed by atoms with Crippen LogP contribution in [0.15, 0.2) is 34.5 Å². The lowest BCUT2D eigenvalue weighted by molar-refractivity contribution is -0.128. The third kappa shape index (κ3) is 5.45. The van der Waals surface area contributed by atoms with Gasteiger partial charge in [-0.15, -0.1) is 11.3 Å². The first-order valence-electron chi connectivity index (χ1n) is 9.35. The Kier molecular flexibility index (Phi) is 6.56. The minimum Gasteiger partial charge on any atom is -0.481 e. The number of anilines is 1. The molecule has 0 radical (unpaired) electrons. The third-order valence-corrected chi connectivity index (χ3v) is 6.97. The fourth-order valence-electron chi connectivity index (χ4n) is 3.10. The van der Waals surface area contributed by atoms with Crippen LogP contribution in [0.4, 0.5) is 5.13 Å². The number of thiazole rings is 1. The van der Waals surface area contributed by atoms with Gasteiger partial charge in [0, 0.05) is 11.4 Å². The Morgan fingerprint density at radius 2 is 1.89 bits per heavy atom. The third-order valence-electron chi connectivity index (χ3n) is 4.61. The van der Waals surface area contributed by atoms with Crippen LogP contribution in [-0.4, -0.2) is 31.5 Å². The Balaban J connectivity index is 1.58. The fraction of sp³-hybridized carbons (Fsp3) is 0.474. The summed E-state index contributed by atoms with van der Waals surface area (Å²) in [6, 6.07) is 6.21. The second kappa shape index (κ2) is 8.91. The number of rotatable bonds is 7. The minimum atomic E-state index is -3.72. The van der Waals surface area contributed by atoms with E-state index in [1.807, 2.05) is 0 Å². The van der Waals surface area contributed by atoms with Crippen molar-refractivity contribution in [3.8, 4) is 5.75 Å². The average Bonchev–Trinajstić information content (AvgIpc) is 3.07. The highest BCUT2D eigenvalue weighted by atomic mass is 32.2. The van der Waals surface area contributed by atoms with Crippen LogP contribution >= 0.6 is 11.3 Å². The van der Waals surface area contributed by atoms with E-state index >= 15 is 0 Å². The number of nitrogens with one attached hydrogen (secondary N) is 2. The van der Waals surface area contributed by atoms with Gasteiger partial charge in [-0.2, -0.15) is 0 Å². The first kappa shape index (κ1) is 20.6. The van der Waals surface area contributed by atoms with Crippen LogP contribution in [0.5, 0.6) is 5.75 Å². The van der Waals surface area contributed by atoms with E-state index in [2.05, 4.69) is 15.0 Å². The summed E-state index contributed by atoms with van der Waals surface area (Å²) in [6.45, 7) is 3.49. The van der Waals surface area contributed by atoms with Crippen molar-refractivity contribution in [1.82, 2.24) is 10.3 Å². The summed E-state index contributed by atoms with van der Waals surface area (Å²) in [5, 5.41) is 5.13. The molecular weight excluding hydrogens is 398 g/mol. The molecule has 1 aromatic heterocycles. The molecule has 1 heterocycles. The normalized spacial score (nSPS) is 16.4. The number of amides is 1. The topological polar surface area (TPSA) is 97.4 Å². The number of carbonyl (C=O) groups excluding carboxylic acids is 1. The molecule has 1 saturated carbocycles. The fourth-order valence-corrected chi connectivity index (χ4v) is 5.04. The second-order valence-electron chi connectivity index (χ2n) is 6.97. The predicted molar refractivity (Wildman–Crippen MR) is 109 cm³/mol. The van der Waals surface area contributed by atoms with Gasteiger partial charge in [-0.05, 0) is 51.0 Å². The largest absolute Gasteiger partial charge is 0.481 e. The Labute approximate surface area is 169 Å². The SMILES string of the molecule is Cc1csc(NS(=O)(=O)c2ccc(O[C@@H](C)C(=O)NC3CCCCC3)cc2)n1. The van der Waals surface area contributed by atoms with E-state index in [9.17, 15) is 13.2 Å². The van der Waals surface area contributed by atoms with Crippen molar-refractivity contribution in [3.05, 3.63) is 35.3 Å². The van der Waals surface area contributed by atoms with E-state index in [0.29, 0.717) is 10.9 Å². The van der Waals surface area contributed by atoms with Crippen LogP contribution in [-0.2, 0) is 14.8 Å². The lowest BCUT2D eigenvalue weighted by Crippen LogP contribution is -2.43. The zero-order valence-corrected chi connectivity index (χ0v) is 17.6. The Morgan fingerprint density at radius 3 is 2.50 bits per heavy atom. The smallest absolute Gasteiger partial charge is 0.263 e. The zero-order valence-electron chi connectivity index (χ0n) is 16.0. The van der Waals surface area contributed by atoms with E-state index in [0.717, 1.165) is 31.4 Å². The second-order valence-corrected chi connectivity index (χ2v) is 9.52. The monoisotopic (exact) mass is 423 g/mol. The molecule has 3 rings (SSSR count). The molecule has 0 spiro atoms. The van der Waals surface area contributed by atoms with Crippen molar-refractivity contribution in [1.29, 1.82) is 0 Å². The first-order valence-corrected chi connectivity index (χ1v) is 11.7. The Morgan fingerprint density at radius 1 is 1.21 bits per heavy atom. The maximum atomic E-state index is 12.4. The van der Waals surface area contributed by atoms with Gasteiger partial charge in [0.1, 0.15) is 5.75 Å². The number of sulfonamides is 1. The quantitative estimate of drug-likeness (QED) is 0.711. The summed E-state index contributed by atoms with van der Waals surface area (Å²) in [6.07, 6.45) is 4.88. The number of aryl methyl sites for hydroxylation is 1. The molecule has 1 amide bonds. The summed E-state index contributed by atoms with van der Waals surface area (Å²) in [5.74, 6) is 0.291. The molecule has 0 bridgehead atoms. The zero-order chi connectivity index (χ0) is 20.1. The van der Waals surface area contributed by atoms with Gasteiger partial charge in [0.05, 0.1) is 10.6 Å². The molecule has 0 saturated heterocycles. The molecule has 0 unspecified atom stereocenters. The Bertz CT molecular complexity index is 904. The van der Waals surface area contributed by atoms with Crippen LogP contribution in [0.1, 0.15) is 44.7 Å². The van der Waals surface area contributed by atoms with Crippen LogP contribution in [0.2, 0.25) is 0 Å². The van der Waals surface area contributed by atoms with Crippen molar-refractivity contribution in [2.45, 2.75) is 63.0 Å². The summed E-state index contributed by atoms with van der Waals surface area (Å²) < 4.78 is 33.0. The first-order chi connectivity index (χ1) is 13.3. The molecule has 1 aliphatic carbocycles. The van der Waals surface area contributed by atoms with Gasteiger partial charge in [0.25, 0.3) is 15.9 Å². The molecule has 1 aliphatic rings. The van der Waals surface area contributed by atoms with Crippen LogP contribution in [0.3, 0.4) is 0 Å². The number of ether oxygens (including phenoxy) is 1. The lowest BCUT2D eigenvalue weighted by atomic mass is 9.95. The summed E-state index contributed by atoms with van der Waals surface area (Å²) in [7, 11) is -3.72. The highest BCUT2D eigenvalue weighted by molar-refractivity contribution is 7.93. The van der Waals surface area contributed by atoms with E-state index < -0.39 is 16.1 Å². The number of hydrogen-bond acceptors (Lipinski definition) is 6. The van der Waals surface area contributed by atoms with Gasteiger partial charge in [-0.3, -0.25) is 9.52 Å². The molecule has 1 atom stereocenters. The number of carbonyl (C=O) groups is 1. The van der Waals surface area contributed by atoms with Crippen LogP contribution in [0, 0.1) is 6.92 Å². The minimum absolute atomic E-state index is 0.104. The summed E-state index contributed by atoms with van der Waals surface area (Å²) in [4.78, 5) is 16.5. The molecule has 152 valence electrons. The van der Waals surface area contributed by atoms with E-state index in [4.69, 9.17) is 4.74 Å². The van der Waals surface area contributed by atoms with Gasteiger partial charge < -0.3 is 10.1 Å². The van der Waals surface area contributed by atoms with Crippen molar-refractivity contribution in [3.63, 3.8) is 0 Å². The van der Waals surface area contributed by atoms with Gasteiger partial charge in [0.15, 0.2) is 11.2 Å². The summed E-state index contributed by atoms with van der Waals surface area (Å²) >= 11 is 1.23. The van der Waals surface area contributed by atoms with Crippen LogP contribution < -0.4 is 14.8 Å². The molecule has 1 aromatic carbocycles. The highest BCUT2D eigenvalue weighted by Crippen LogP contribution is 2.22. The lowest BCUT2D eigenvalue weighted by Gasteiger charge is -2.24. The van der Waals surface area contributed by atoms with E-state index in [1.54, 1.807) is 31.4 Å². The Hall–Kier alpha value is -2.13. The standard InChI is InChI=1S/C19H25N3O4S2/c1-13-12-27-19(20-13)22-28(24,25)17-10-8-16(9-11-17)26-14(2)18(23)21-15-6-4-3-5-7-15/h8-12,14-15H,3-7H2,1-2H3,(H,20,22)(H,21,23)/t14-/m0/s1. The van der Waals surface area contributed by atoms with E-state index in [-0.39, 0.29) is 16.8 Å². The maximum absolute atomic E-state index is 12.4. The van der Waals surface area contributed by atoms with Gasteiger partial charge in [-0.1, -0.05) is 19.3 Å². The van der Waals surface area contributed by atoms with Crippen molar-refractivity contribution < 1.29 is 17.9 Å². The van der Waals surface area contributed by atoms with Crippen molar-refractivity contribution >= 4 is 32.4 Å². The van der Waals surface area contributed by atoms with Gasteiger partial charge in [-0.25, -0.2) is 13.4 Å². The summed E-state index contributed by atoms with van der Waals surface area (Å²) in [5.41, 5.74) is 0.756. The van der Waals surface area contributed by atoms with Gasteiger partial charge >= 0.3 is 0 Å². The molecule has 0 aliphatic heterocycles. The number of hydrogen-bond donors (Lipinski definition) is 2. The number of benzene rings is 1. The van der Waals surface area contributed by atoms with Crippen molar-refractivity contribution in [2.75, 3.05) is 4.72 Å². The molecule has 2 aromatic rings. The average molecular weight is 424 g/mol. The molecule has 2 N–H and O–H groups in total. The van der Waals surface area contributed by atoms with Gasteiger partial charge in [0.2, 0.25) is 0 Å². The molecule has 9 heteroatoms. The molecule has 7 nitrogen and oxygen atoms in total. The van der Waals surface area contributed by atoms with E-state index in [1.165, 1.54) is 29.9 Å². The highest BCUT2D eigenvalue weighted by Gasteiger charge is 2.21. The molecular formula is C19H25N3O4S2. The maximum Gasteiger partial charge on any atom is 0.263 e. The van der Waals surface area contributed by atoms with Crippen LogP contribution in [0.25, 0.3) is 0 Å².